The van der Waals surface area contributed by atoms with Gasteiger partial charge in [-0.1, -0.05) is 6.08 Å². The molecule has 3 nitrogen and oxygen atoms in total. The van der Waals surface area contributed by atoms with E-state index in [9.17, 15) is 9.59 Å². The van der Waals surface area contributed by atoms with Crippen molar-refractivity contribution in [1.29, 1.82) is 0 Å². The van der Waals surface area contributed by atoms with Gasteiger partial charge in [0.2, 0.25) is 0 Å². The Balaban J connectivity index is 2.03. The lowest BCUT2D eigenvalue weighted by atomic mass is 9.74. The number of fused-ring (bicyclic) bond motifs is 2. The zero-order valence-electron chi connectivity index (χ0n) is 8.36. The number of esters is 2. The molecule has 2 unspecified atom stereocenters. The van der Waals surface area contributed by atoms with Crippen LogP contribution in [0.25, 0.3) is 0 Å². The lowest BCUT2D eigenvalue weighted by Gasteiger charge is -2.28. The van der Waals surface area contributed by atoms with E-state index in [2.05, 4.69) is 10.8 Å². The van der Waals surface area contributed by atoms with Crippen molar-refractivity contribution in [3.63, 3.8) is 0 Å². The van der Waals surface area contributed by atoms with Crippen LogP contribution in [0.4, 0.5) is 0 Å². The molecule has 1 heterocycles. The summed E-state index contributed by atoms with van der Waals surface area (Å²) < 4.78 is 4.64. The molecule has 1 saturated heterocycles. The first-order valence-corrected chi connectivity index (χ1v) is 5.43. The van der Waals surface area contributed by atoms with E-state index in [0.29, 0.717) is 11.5 Å². The Morgan fingerprint density at radius 1 is 1.33 bits per heavy atom. The molecule has 3 heteroatoms. The average molecular weight is 204 g/mol. The Morgan fingerprint density at radius 2 is 2.20 bits per heavy atom. The smallest absolute Gasteiger partial charge is 0.342 e. The molecule has 0 bridgehead atoms. The van der Waals surface area contributed by atoms with E-state index in [1.165, 1.54) is 12.0 Å². The fraction of sp³-hybridized carbons (Fsp3) is 0.500. The SMILES string of the molecule is O=C1OC(=O)C2CC3CCCC=C3C=C12. The minimum absolute atomic E-state index is 0.280. The van der Waals surface area contributed by atoms with Crippen molar-refractivity contribution in [2.45, 2.75) is 25.7 Å². The zero-order valence-corrected chi connectivity index (χ0v) is 8.36. The third-order valence-corrected chi connectivity index (χ3v) is 3.54. The normalized spacial score (nSPS) is 33.9. The van der Waals surface area contributed by atoms with Gasteiger partial charge in [0.1, 0.15) is 0 Å². The fourth-order valence-electron chi connectivity index (χ4n) is 2.73. The van der Waals surface area contributed by atoms with Gasteiger partial charge in [0.25, 0.3) is 0 Å². The van der Waals surface area contributed by atoms with Crippen LogP contribution in [0.15, 0.2) is 23.3 Å². The molecule has 1 aliphatic heterocycles. The van der Waals surface area contributed by atoms with Crippen molar-refractivity contribution in [3.05, 3.63) is 23.3 Å². The van der Waals surface area contributed by atoms with E-state index in [0.717, 1.165) is 19.3 Å². The number of carbonyl (C=O) groups is 2. The highest BCUT2D eigenvalue weighted by atomic mass is 16.6. The molecular weight excluding hydrogens is 192 g/mol. The first kappa shape index (κ1) is 8.89. The van der Waals surface area contributed by atoms with Gasteiger partial charge in [-0.3, -0.25) is 4.79 Å². The Labute approximate surface area is 87.8 Å². The lowest BCUT2D eigenvalue weighted by molar-refractivity contribution is -0.152. The monoisotopic (exact) mass is 204 g/mol. The number of allylic oxidation sites excluding steroid dienone is 3. The Bertz CT molecular complexity index is 403. The standard InChI is InChI=1S/C12H12O3/c13-11-9-5-7-3-1-2-4-8(7)6-10(9)12(14)15-11/h3,5,8,10H,1-2,4,6H2. The van der Waals surface area contributed by atoms with Crippen LogP contribution in [0.1, 0.15) is 25.7 Å². The molecule has 0 spiro atoms. The second-order valence-electron chi connectivity index (χ2n) is 4.43. The minimum atomic E-state index is -0.435. The minimum Gasteiger partial charge on any atom is -0.389 e. The molecule has 0 aromatic carbocycles. The Hall–Kier alpha value is -1.38. The predicted octanol–water partition coefficient (Wildman–Crippen LogP) is 1.74. The molecular formula is C12H12O3. The summed E-state index contributed by atoms with van der Waals surface area (Å²) in [5.74, 6) is -0.602. The maximum Gasteiger partial charge on any atom is 0.342 e. The van der Waals surface area contributed by atoms with Crippen LogP contribution in [-0.4, -0.2) is 11.9 Å². The molecule has 0 amide bonds. The van der Waals surface area contributed by atoms with Crippen LogP contribution in [0.3, 0.4) is 0 Å². The van der Waals surface area contributed by atoms with Gasteiger partial charge in [-0.25, -0.2) is 4.79 Å². The largest absolute Gasteiger partial charge is 0.389 e. The van der Waals surface area contributed by atoms with Crippen molar-refractivity contribution in [2.75, 3.05) is 0 Å². The van der Waals surface area contributed by atoms with E-state index in [4.69, 9.17) is 0 Å². The number of hydrogen-bond donors (Lipinski definition) is 0. The van der Waals surface area contributed by atoms with Gasteiger partial charge >= 0.3 is 11.9 Å². The van der Waals surface area contributed by atoms with Crippen LogP contribution in [-0.2, 0) is 14.3 Å². The topological polar surface area (TPSA) is 43.4 Å². The Kier molecular flexibility index (Phi) is 1.81. The average Bonchev–Trinajstić information content (AvgIpc) is 2.52. The van der Waals surface area contributed by atoms with Gasteiger partial charge in [0.15, 0.2) is 0 Å². The van der Waals surface area contributed by atoms with E-state index >= 15 is 0 Å². The molecule has 3 aliphatic rings. The summed E-state index contributed by atoms with van der Waals surface area (Å²) in [7, 11) is 0. The summed E-state index contributed by atoms with van der Waals surface area (Å²) in [6.45, 7) is 0. The molecule has 0 saturated carbocycles. The third-order valence-electron chi connectivity index (χ3n) is 3.54. The predicted molar refractivity (Wildman–Crippen MR) is 52.7 cm³/mol. The summed E-state index contributed by atoms with van der Waals surface area (Å²) in [6.07, 6.45) is 8.24. The van der Waals surface area contributed by atoms with Crippen LogP contribution >= 0.6 is 0 Å². The number of rotatable bonds is 0. The van der Waals surface area contributed by atoms with Gasteiger partial charge in [-0.2, -0.15) is 0 Å². The molecule has 78 valence electrons. The van der Waals surface area contributed by atoms with Crippen LogP contribution in [0.5, 0.6) is 0 Å². The molecule has 15 heavy (non-hydrogen) atoms. The molecule has 0 aromatic rings. The first-order valence-electron chi connectivity index (χ1n) is 5.43. The highest BCUT2D eigenvalue weighted by Gasteiger charge is 2.43. The fourth-order valence-corrected chi connectivity index (χ4v) is 2.73. The van der Waals surface area contributed by atoms with Crippen LogP contribution in [0.2, 0.25) is 0 Å². The lowest BCUT2D eigenvalue weighted by Crippen LogP contribution is -2.22. The number of carbonyl (C=O) groups excluding carboxylic acids is 2. The van der Waals surface area contributed by atoms with E-state index in [-0.39, 0.29) is 11.9 Å². The van der Waals surface area contributed by atoms with Crippen molar-refractivity contribution < 1.29 is 14.3 Å². The third kappa shape index (κ3) is 1.26. The van der Waals surface area contributed by atoms with Gasteiger partial charge in [0.05, 0.1) is 11.5 Å². The number of ether oxygens (including phenoxy) is 1. The summed E-state index contributed by atoms with van der Waals surface area (Å²) in [4.78, 5) is 22.7. The van der Waals surface area contributed by atoms with Crippen LogP contribution in [0, 0.1) is 11.8 Å². The molecule has 2 atom stereocenters. The van der Waals surface area contributed by atoms with Crippen molar-refractivity contribution in [3.8, 4) is 0 Å². The summed E-state index contributed by atoms with van der Waals surface area (Å²) in [6, 6.07) is 0. The molecule has 2 aliphatic carbocycles. The van der Waals surface area contributed by atoms with Crippen molar-refractivity contribution in [2.24, 2.45) is 11.8 Å². The second-order valence-corrected chi connectivity index (χ2v) is 4.43. The van der Waals surface area contributed by atoms with Crippen LogP contribution < -0.4 is 0 Å². The van der Waals surface area contributed by atoms with Gasteiger partial charge in [-0.05, 0) is 43.3 Å². The van der Waals surface area contributed by atoms with Gasteiger partial charge in [0, 0.05) is 0 Å². The maximum atomic E-state index is 11.4. The van der Waals surface area contributed by atoms with E-state index in [1.807, 2.05) is 6.08 Å². The quantitative estimate of drug-likeness (QED) is 0.446. The molecule has 0 aromatic heterocycles. The highest BCUT2D eigenvalue weighted by molar-refractivity contribution is 6.08. The molecule has 0 radical (unpaired) electrons. The van der Waals surface area contributed by atoms with E-state index in [1.54, 1.807) is 0 Å². The maximum absolute atomic E-state index is 11.4. The molecule has 3 rings (SSSR count). The zero-order chi connectivity index (χ0) is 10.4. The van der Waals surface area contributed by atoms with Gasteiger partial charge < -0.3 is 4.74 Å². The molecule has 0 N–H and O–H groups in total. The second kappa shape index (κ2) is 3.05. The summed E-state index contributed by atoms with van der Waals surface area (Å²) >= 11 is 0. The van der Waals surface area contributed by atoms with Crippen molar-refractivity contribution >= 4 is 11.9 Å². The summed E-state index contributed by atoms with van der Waals surface area (Å²) in [5, 5.41) is 0. The van der Waals surface area contributed by atoms with E-state index < -0.39 is 5.97 Å². The molecule has 1 fully saturated rings. The van der Waals surface area contributed by atoms with Crippen molar-refractivity contribution in [1.82, 2.24) is 0 Å². The number of cyclic esters (lactones) is 2. The summed E-state index contributed by atoms with van der Waals surface area (Å²) in [5.41, 5.74) is 1.81. The number of hydrogen-bond acceptors (Lipinski definition) is 3. The first-order chi connectivity index (χ1) is 7.25. The van der Waals surface area contributed by atoms with Gasteiger partial charge in [-0.15, -0.1) is 0 Å². The Morgan fingerprint density at radius 3 is 3.07 bits per heavy atom. The highest BCUT2D eigenvalue weighted by Crippen LogP contribution is 2.41.